The molecule has 1 aromatic heterocycles. The molecule has 3 heteroatoms. The molecule has 1 unspecified atom stereocenters. The van der Waals surface area contributed by atoms with E-state index in [9.17, 15) is 4.39 Å². The average molecular weight is 232 g/mol. The number of benzene rings is 1. The van der Waals surface area contributed by atoms with Crippen molar-refractivity contribution in [3.8, 4) is 0 Å². The van der Waals surface area contributed by atoms with Crippen molar-refractivity contribution in [2.24, 2.45) is 0 Å². The quantitative estimate of drug-likeness (QED) is 0.776. The summed E-state index contributed by atoms with van der Waals surface area (Å²) in [4.78, 5) is 3.31. The number of hydrogen-bond donors (Lipinski definition) is 2. The van der Waals surface area contributed by atoms with E-state index in [-0.39, 0.29) is 5.82 Å². The number of fused-ring (bicyclic) bond motifs is 3. The Kier molecular flexibility index (Phi) is 2.44. The van der Waals surface area contributed by atoms with E-state index in [4.69, 9.17) is 0 Å². The minimum atomic E-state index is -0.144. The SMILES string of the molecule is CCC1CNCc2c1[nH]c1c(F)ccc(C)c21. The molecule has 1 aliphatic heterocycles. The zero-order valence-corrected chi connectivity index (χ0v) is 10.2. The Morgan fingerprint density at radius 1 is 1.41 bits per heavy atom. The Morgan fingerprint density at radius 2 is 2.24 bits per heavy atom. The number of nitrogens with one attached hydrogen (secondary N) is 2. The van der Waals surface area contributed by atoms with Crippen LogP contribution < -0.4 is 5.32 Å². The third-order valence-corrected chi connectivity index (χ3v) is 3.84. The lowest BCUT2D eigenvalue weighted by Gasteiger charge is -2.22. The summed E-state index contributed by atoms with van der Waals surface area (Å²) in [5, 5.41) is 4.50. The molecular formula is C14H17FN2. The van der Waals surface area contributed by atoms with E-state index in [0.717, 1.165) is 30.5 Å². The highest BCUT2D eigenvalue weighted by Gasteiger charge is 2.24. The summed E-state index contributed by atoms with van der Waals surface area (Å²) in [6, 6.07) is 3.41. The first kappa shape index (κ1) is 10.8. The van der Waals surface area contributed by atoms with E-state index < -0.39 is 0 Å². The summed E-state index contributed by atoms with van der Waals surface area (Å²) >= 11 is 0. The molecule has 0 aliphatic carbocycles. The average Bonchev–Trinajstić information content (AvgIpc) is 2.74. The van der Waals surface area contributed by atoms with Crippen molar-refractivity contribution in [1.82, 2.24) is 10.3 Å². The van der Waals surface area contributed by atoms with Gasteiger partial charge in [0.15, 0.2) is 0 Å². The van der Waals surface area contributed by atoms with Crippen LogP contribution in [0.15, 0.2) is 12.1 Å². The van der Waals surface area contributed by atoms with Crippen molar-refractivity contribution in [3.05, 3.63) is 34.8 Å². The molecule has 2 N–H and O–H groups in total. The fraction of sp³-hybridized carbons (Fsp3) is 0.429. The molecule has 0 spiro atoms. The second-order valence-electron chi connectivity index (χ2n) is 4.87. The van der Waals surface area contributed by atoms with Gasteiger partial charge in [0.05, 0.1) is 5.52 Å². The van der Waals surface area contributed by atoms with E-state index in [1.54, 1.807) is 6.07 Å². The van der Waals surface area contributed by atoms with E-state index >= 15 is 0 Å². The fourth-order valence-corrected chi connectivity index (χ4v) is 2.89. The van der Waals surface area contributed by atoms with Crippen molar-refractivity contribution in [2.45, 2.75) is 32.7 Å². The van der Waals surface area contributed by atoms with Crippen molar-refractivity contribution in [2.75, 3.05) is 6.54 Å². The molecule has 90 valence electrons. The van der Waals surface area contributed by atoms with Crippen molar-refractivity contribution < 1.29 is 4.39 Å². The van der Waals surface area contributed by atoms with Crippen LogP contribution in [0.5, 0.6) is 0 Å². The van der Waals surface area contributed by atoms with Crippen molar-refractivity contribution in [3.63, 3.8) is 0 Å². The summed E-state index contributed by atoms with van der Waals surface area (Å²) in [6.07, 6.45) is 1.08. The Morgan fingerprint density at radius 3 is 3.00 bits per heavy atom. The Balaban J connectivity index is 2.33. The first-order valence-corrected chi connectivity index (χ1v) is 6.22. The smallest absolute Gasteiger partial charge is 0.147 e. The van der Waals surface area contributed by atoms with Crippen LogP contribution in [-0.2, 0) is 6.54 Å². The third kappa shape index (κ3) is 1.49. The van der Waals surface area contributed by atoms with E-state index in [0.29, 0.717) is 11.4 Å². The standard InChI is InChI=1S/C14H17FN2/c1-3-9-6-16-7-10-12-8(2)4-5-11(15)14(12)17-13(9)10/h4-5,9,16-17H,3,6-7H2,1-2H3. The molecule has 0 fully saturated rings. The summed E-state index contributed by atoms with van der Waals surface area (Å²) in [7, 11) is 0. The predicted molar refractivity (Wildman–Crippen MR) is 67.7 cm³/mol. The molecule has 1 atom stereocenters. The highest BCUT2D eigenvalue weighted by atomic mass is 19.1. The monoisotopic (exact) mass is 232 g/mol. The van der Waals surface area contributed by atoms with Gasteiger partial charge in [0.25, 0.3) is 0 Å². The van der Waals surface area contributed by atoms with Gasteiger partial charge in [-0.25, -0.2) is 4.39 Å². The van der Waals surface area contributed by atoms with Gasteiger partial charge in [0.2, 0.25) is 0 Å². The van der Waals surface area contributed by atoms with Gasteiger partial charge >= 0.3 is 0 Å². The molecule has 2 nitrogen and oxygen atoms in total. The second kappa shape index (κ2) is 3.84. The van der Waals surface area contributed by atoms with Crippen LogP contribution in [-0.4, -0.2) is 11.5 Å². The minimum Gasteiger partial charge on any atom is -0.355 e. The van der Waals surface area contributed by atoms with Gasteiger partial charge in [-0.15, -0.1) is 0 Å². The number of halogens is 1. The first-order chi connectivity index (χ1) is 8.22. The van der Waals surface area contributed by atoms with Gasteiger partial charge in [0.1, 0.15) is 5.82 Å². The van der Waals surface area contributed by atoms with Gasteiger partial charge in [-0.3, -0.25) is 0 Å². The van der Waals surface area contributed by atoms with Crippen LogP contribution >= 0.6 is 0 Å². The number of aromatic amines is 1. The van der Waals surface area contributed by atoms with Crippen LogP contribution in [0, 0.1) is 12.7 Å². The molecule has 17 heavy (non-hydrogen) atoms. The molecular weight excluding hydrogens is 215 g/mol. The fourth-order valence-electron chi connectivity index (χ4n) is 2.89. The van der Waals surface area contributed by atoms with Crippen LogP contribution in [0.4, 0.5) is 4.39 Å². The largest absolute Gasteiger partial charge is 0.355 e. The molecule has 2 aromatic rings. The zero-order valence-electron chi connectivity index (χ0n) is 10.2. The van der Waals surface area contributed by atoms with Gasteiger partial charge < -0.3 is 10.3 Å². The summed E-state index contributed by atoms with van der Waals surface area (Å²) in [5.41, 5.74) is 4.32. The zero-order chi connectivity index (χ0) is 12.0. The Bertz CT molecular complexity index is 571. The van der Waals surface area contributed by atoms with Crippen LogP contribution in [0.2, 0.25) is 0 Å². The normalized spacial score (nSPS) is 19.6. The first-order valence-electron chi connectivity index (χ1n) is 6.22. The maximum absolute atomic E-state index is 13.8. The van der Waals surface area contributed by atoms with E-state index in [1.807, 2.05) is 13.0 Å². The van der Waals surface area contributed by atoms with Crippen molar-refractivity contribution in [1.29, 1.82) is 0 Å². The molecule has 1 aliphatic rings. The topological polar surface area (TPSA) is 27.8 Å². The molecule has 0 bridgehead atoms. The lowest BCUT2D eigenvalue weighted by molar-refractivity contribution is 0.524. The minimum absolute atomic E-state index is 0.144. The van der Waals surface area contributed by atoms with Crippen LogP contribution in [0.3, 0.4) is 0 Å². The lowest BCUT2D eigenvalue weighted by atomic mass is 9.93. The highest BCUT2D eigenvalue weighted by Crippen LogP contribution is 2.34. The number of aromatic nitrogens is 1. The van der Waals surface area contributed by atoms with E-state index in [2.05, 4.69) is 17.2 Å². The number of H-pyrrole nitrogens is 1. The van der Waals surface area contributed by atoms with Crippen LogP contribution in [0.1, 0.15) is 36.1 Å². The molecule has 1 aromatic carbocycles. The van der Waals surface area contributed by atoms with Gasteiger partial charge in [-0.1, -0.05) is 13.0 Å². The molecule has 0 saturated carbocycles. The van der Waals surface area contributed by atoms with Crippen molar-refractivity contribution >= 4 is 10.9 Å². The van der Waals surface area contributed by atoms with E-state index in [1.165, 1.54) is 11.3 Å². The van der Waals surface area contributed by atoms with Gasteiger partial charge in [-0.05, 0) is 30.5 Å². The van der Waals surface area contributed by atoms with Crippen LogP contribution in [0.25, 0.3) is 10.9 Å². The number of aryl methyl sites for hydroxylation is 1. The predicted octanol–water partition coefficient (Wildman–Crippen LogP) is 3.21. The summed E-state index contributed by atoms with van der Waals surface area (Å²) in [6.45, 7) is 6.05. The number of hydrogen-bond acceptors (Lipinski definition) is 1. The maximum atomic E-state index is 13.8. The molecule has 2 heterocycles. The molecule has 0 saturated heterocycles. The lowest BCUT2D eigenvalue weighted by Crippen LogP contribution is -2.27. The molecule has 3 rings (SSSR count). The third-order valence-electron chi connectivity index (χ3n) is 3.84. The Labute approximate surface area is 100 Å². The molecule has 0 amide bonds. The molecule has 0 radical (unpaired) electrons. The van der Waals surface area contributed by atoms with Gasteiger partial charge in [0, 0.05) is 30.1 Å². The summed E-state index contributed by atoms with van der Waals surface area (Å²) < 4.78 is 13.8. The number of rotatable bonds is 1. The maximum Gasteiger partial charge on any atom is 0.147 e. The Hall–Kier alpha value is -1.35. The second-order valence-corrected chi connectivity index (χ2v) is 4.87. The highest BCUT2D eigenvalue weighted by molar-refractivity contribution is 5.88. The summed E-state index contributed by atoms with van der Waals surface area (Å²) in [5.74, 6) is 0.333. The van der Waals surface area contributed by atoms with Gasteiger partial charge in [-0.2, -0.15) is 0 Å².